The van der Waals surface area contributed by atoms with E-state index in [9.17, 15) is 0 Å². The summed E-state index contributed by atoms with van der Waals surface area (Å²) in [5.41, 5.74) is 7.92. The number of hydrogen-bond acceptors (Lipinski definition) is 4. The Bertz CT molecular complexity index is 485. The molecule has 1 fully saturated rings. The molecule has 1 atom stereocenters. The summed E-state index contributed by atoms with van der Waals surface area (Å²) in [5, 5.41) is 0. The fraction of sp³-hybridized carbons (Fsp3) is 0.600. The lowest BCUT2D eigenvalue weighted by molar-refractivity contribution is 0.232. The average Bonchev–Trinajstić information content (AvgIpc) is 2.89. The van der Waals surface area contributed by atoms with E-state index in [1.54, 1.807) is 0 Å². The van der Waals surface area contributed by atoms with E-state index in [0.717, 1.165) is 43.1 Å². The van der Waals surface area contributed by atoms with Crippen LogP contribution in [0.3, 0.4) is 0 Å². The van der Waals surface area contributed by atoms with Gasteiger partial charge < -0.3 is 10.6 Å². The standard InChI is InChI=1S/C15H24N4S/c1-4-18(5-2)12-7-9-19(10-12)15-13(14(16)20)11(3)6-8-17-15/h6,8,12H,4-5,7,9-10H2,1-3H3,(H2,16,20). The third-order valence-electron chi connectivity index (χ3n) is 4.18. The summed E-state index contributed by atoms with van der Waals surface area (Å²) in [7, 11) is 0. The quantitative estimate of drug-likeness (QED) is 0.840. The summed E-state index contributed by atoms with van der Waals surface area (Å²) >= 11 is 5.20. The molecule has 2 heterocycles. The predicted octanol–water partition coefficient (Wildman–Crippen LogP) is 1.94. The molecule has 1 aromatic heterocycles. The average molecular weight is 292 g/mol. The maximum absolute atomic E-state index is 5.88. The Morgan fingerprint density at radius 3 is 2.80 bits per heavy atom. The van der Waals surface area contributed by atoms with Crippen molar-refractivity contribution in [1.82, 2.24) is 9.88 Å². The molecule has 4 nitrogen and oxygen atoms in total. The molecule has 5 heteroatoms. The maximum atomic E-state index is 5.88. The van der Waals surface area contributed by atoms with Crippen LogP contribution in [-0.2, 0) is 0 Å². The van der Waals surface area contributed by atoms with Gasteiger partial charge in [0.2, 0.25) is 0 Å². The van der Waals surface area contributed by atoms with Crippen LogP contribution in [0.1, 0.15) is 31.4 Å². The number of aryl methyl sites for hydroxylation is 1. The third-order valence-corrected chi connectivity index (χ3v) is 4.38. The molecule has 1 saturated heterocycles. The van der Waals surface area contributed by atoms with E-state index >= 15 is 0 Å². The van der Waals surface area contributed by atoms with Crippen molar-refractivity contribution in [2.45, 2.75) is 33.2 Å². The Balaban J connectivity index is 2.22. The van der Waals surface area contributed by atoms with E-state index in [1.807, 2.05) is 19.2 Å². The predicted molar refractivity (Wildman–Crippen MR) is 88.4 cm³/mol. The highest BCUT2D eigenvalue weighted by molar-refractivity contribution is 7.80. The number of anilines is 1. The zero-order valence-corrected chi connectivity index (χ0v) is 13.4. The van der Waals surface area contributed by atoms with Crippen LogP contribution in [0.15, 0.2) is 12.3 Å². The van der Waals surface area contributed by atoms with E-state index in [-0.39, 0.29) is 0 Å². The van der Waals surface area contributed by atoms with Crippen molar-refractivity contribution < 1.29 is 0 Å². The normalized spacial score (nSPS) is 18.8. The molecule has 0 bridgehead atoms. The molecule has 2 rings (SSSR count). The molecule has 2 N–H and O–H groups in total. The van der Waals surface area contributed by atoms with Gasteiger partial charge in [-0.05, 0) is 38.1 Å². The summed E-state index contributed by atoms with van der Waals surface area (Å²) in [6.45, 7) is 10.7. The van der Waals surface area contributed by atoms with Crippen LogP contribution in [0.4, 0.5) is 5.82 Å². The summed E-state index contributed by atoms with van der Waals surface area (Å²) in [4.78, 5) is 9.80. The largest absolute Gasteiger partial charge is 0.389 e. The monoisotopic (exact) mass is 292 g/mol. The van der Waals surface area contributed by atoms with Gasteiger partial charge in [0.1, 0.15) is 10.8 Å². The molecular formula is C15H24N4S. The van der Waals surface area contributed by atoms with Crippen molar-refractivity contribution in [3.8, 4) is 0 Å². The first-order valence-corrected chi connectivity index (χ1v) is 7.73. The number of rotatable bonds is 5. The van der Waals surface area contributed by atoms with Crippen molar-refractivity contribution >= 4 is 23.0 Å². The first-order valence-electron chi connectivity index (χ1n) is 7.32. The van der Waals surface area contributed by atoms with E-state index in [4.69, 9.17) is 18.0 Å². The number of pyridine rings is 1. The number of likely N-dealkylation sites (N-methyl/N-ethyl adjacent to an activating group) is 1. The highest BCUT2D eigenvalue weighted by Gasteiger charge is 2.28. The number of aromatic nitrogens is 1. The minimum atomic E-state index is 0.442. The second-order valence-electron chi connectivity index (χ2n) is 5.30. The van der Waals surface area contributed by atoms with Crippen molar-refractivity contribution in [3.63, 3.8) is 0 Å². The van der Waals surface area contributed by atoms with Gasteiger partial charge in [-0.15, -0.1) is 0 Å². The highest BCUT2D eigenvalue weighted by Crippen LogP contribution is 2.26. The molecule has 0 spiro atoms. The number of thiocarbonyl (C=S) groups is 1. The molecule has 0 aromatic carbocycles. The number of hydrogen-bond donors (Lipinski definition) is 1. The highest BCUT2D eigenvalue weighted by atomic mass is 32.1. The van der Waals surface area contributed by atoms with Gasteiger partial charge >= 0.3 is 0 Å². The molecule has 110 valence electrons. The van der Waals surface area contributed by atoms with E-state index in [0.29, 0.717) is 11.0 Å². The fourth-order valence-electron chi connectivity index (χ4n) is 3.06. The maximum Gasteiger partial charge on any atom is 0.139 e. The lowest BCUT2D eigenvalue weighted by Crippen LogP contribution is -2.37. The Morgan fingerprint density at radius 1 is 1.50 bits per heavy atom. The van der Waals surface area contributed by atoms with Gasteiger partial charge in [-0.25, -0.2) is 4.98 Å². The molecule has 1 aliphatic rings. The van der Waals surface area contributed by atoms with Gasteiger partial charge in [0, 0.05) is 25.3 Å². The zero-order chi connectivity index (χ0) is 14.7. The second kappa shape index (κ2) is 6.50. The first-order chi connectivity index (χ1) is 9.58. The Hall–Kier alpha value is -1.20. The van der Waals surface area contributed by atoms with E-state index in [1.165, 1.54) is 6.42 Å². The summed E-state index contributed by atoms with van der Waals surface area (Å²) < 4.78 is 0. The lowest BCUT2D eigenvalue weighted by Gasteiger charge is -2.27. The molecule has 0 amide bonds. The minimum Gasteiger partial charge on any atom is -0.389 e. The van der Waals surface area contributed by atoms with Crippen LogP contribution in [-0.4, -0.2) is 47.1 Å². The lowest BCUT2D eigenvalue weighted by atomic mass is 10.1. The van der Waals surface area contributed by atoms with Crippen LogP contribution < -0.4 is 10.6 Å². The first kappa shape index (κ1) is 15.2. The Kier molecular flexibility index (Phi) is 4.94. The van der Waals surface area contributed by atoms with Gasteiger partial charge in [0.15, 0.2) is 0 Å². The van der Waals surface area contributed by atoms with Gasteiger partial charge in [-0.3, -0.25) is 4.90 Å². The smallest absolute Gasteiger partial charge is 0.139 e. The van der Waals surface area contributed by atoms with Crippen LogP contribution in [0.25, 0.3) is 0 Å². The molecule has 0 radical (unpaired) electrons. The molecule has 1 aromatic rings. The molecule has 1 aliphatic heterocycles. The Morgan fingerprint density at radius 2 is 2.20 bits per heavy atom. The molecule has 20 heavy (non-hydrogen) atoms. The van der Waals surface area contributed by atoms with Gasteiger partial charge in [0.05, 0.1) is 5.56 Å². The van der Waals surface area contributed by atoms with Crippen molar-refractivity contribution in [1.29, 1.82) is 0 Å². The number of nitrogens with two attached hydrogens (primary N) is 1. The molecule has 0 aliphatic carbocycles. The third kappa shape index (κ3) is 2.94. The van der Waals surface area contributed by atoms with Gasteiger partial charge in [-0.2, -0.15) is 0 Å². The van der Waals surface area contributed by atoms with Gasteiger partial charge in [-0.1, -0.05) is 26.1 Å². The second-order valence-corrected chi connectivity index (χ2v) is 5.74. The Labute approximate surface area is 127 Å². The van der Waals surface area contributed by atoms with Crippen LogP contribution in [0.2, 0.25) is 0 Å². The van der Waals surface area contributed by atoms with Crippen LogP contribution in [0.5, 0.6) is 0 Å². The summed E-state index contributed by atoms with van der Waals surface area (Å²) in [6.07, 6.45) is 3.02. The zero-order valence-electron chi connectivity index (χ0n) is 12.6. The molecule has 0 saturated carbocycles. The minimum absolute atomic E-state index is 0.442. The SMILES string of the molecule is CCN(CC)C1CCN(c2nccc(C)c2C(N)=S)C1. The van der Waals surface area contributed by atoms with Gasteiger partial charge in [0.25, 0.3) is 0 Å². The topological polar surface area (TPSA) is 45.4 Å². The summed E-state index contributed by atoms with van der Waals surface area (Å²) in [6, 6.07) is 2.57. The molecule has 1 unspecified atom stereocenters. The fourth-order valence-corrected chi connectivity index (χ4v) is 3.31. The van der Waals surface area contributed by atoms with E-state index < -0.39 is 0 Å². The number of nitrogens with zero attached hydrogens (tertiary/aromatic N) is 3. The molecular weight excluding hydrogens is 268 g/mol. The van der Waals surface area contributed by atoms with Crippen LogP contribution >= 0.6 is 12.2 Å². The van der Waals surface area contributed by atoms with Crippen molar-refractivity contribution in [2.75, 3.05) is 31.1 Å². The van der Waals surface area contributed by atoms with Crippen molar-refractivity contribution in [2.24, 2.45) is 5.73 Å². The van der Waals surface area contributed by atoms with Crippen LogP contribution in [0, 0.1) is 6.92 Å². The van der Waals surface area contributed by atoms with Crippen molar-refractivity contribution in [3.05, 3.63) is 23.4 Å². The summed E-state index contributed by atoms with van der Waals surface area (Å²) in [5.74, 6) is 0.951. The van der Waals surface area contributed by atoms with E-state index in [2.05, 4.69) is 28.6 Å².